The summed E-state index contributed by atoms with van der Waals surface area (Å²) in [6, 6.07) is 10.9. The minimum Gasteiger partial charge on any atom is -0.495 e. The summed E-state index contributed by atoms with van der Waals surface area (Å²) in [5.74, 6) is -0.248. The van der Waals surface area contributed by atoms with Crippen molar-refractivity contribution in [2.45, 2.75) is 0 Å². The number of benzene rings is 2. The molecule has 0 unspecified atom stereocenters. The molecular formula is C21H17Cl2N3O5S. The molecule has 3 rings (SSSR count). The number of hydrogen-bond donors (Lipinski definition) is 3. The molecule has 0 fully saturated rings. The van der Waals surface area contributed by atoms with Crippen molar-refractivity contribution >= 4 is 63.7 Å². The maximum absolute atomic E-state index is 12.7. The highest BCUT2D eigenvalue weighted by Gasteiger charge is 2.18. The Morgan fingerprint density at radius 3 is 2.44 bits per heavy atom. The number of amides is 2. The van der Waals surface area contributed by atoms with Crippen LogP contribution in [0, 0.1) is 0 Å². The largest absolute Gasteiger partial charge is 0.495 e. The van der Waals surface area contributed by atoms with Gasteiger partial charge >= 0.3 is 0 Å². The normalized spacial score (nSPS) is 10.2. The fraction of sp³-hybridized carbons (Fsp3) is 0.0952. The Labute approximate surface area is 198 Å². The number of carbonyl (C=O) groups excluding carboxylic acids is 2. The summed E-state index contributed by atoms with van der Waals surface area (Å²) in [5, 5.41) is 8.53. The van der Waals surface area contributed by atoms with Crippen LogP contribution in [-0.2, 0) is 0 Å². The number of nitrogens with one attached hydrogen (secondary N) is 3. The van der Waals surface area contributed by atoms with Crippen molar-refractivity contribution in [2.24, 2.45) is 0 Å². The van der Waals surface area contributed by atoms with Crippen molar-refractivity contribution in [1.29, 1.82) is 0 Å². The van der Waals surface area contributed by atoms with Gasteiger partial charge in [-0.05, 0) is 54.7 Å². The van der Waals surface area contributed by atoms with Crippen molar-refractivity contribution in [3.8, 4) is 11.5 Å². The Bertz CT molecular complexity index is 1170. The Balaban J connectivity index is 1.75. The number of ether oxygens (including phenoxy) is 2. The lowest BCUT2D eigenvalue weighted by atomic mass is 10.2. The second-order valence-electron chi connectivity index (χ2n) is 6.22. The highest BCUT2D eigenvalue weighted by molar-refractivity contribution is 7.80. The zero-order valence-corrected chi connectivity index (χ0v) is 19.2. The fourth-order valence-electron chi connectivity index (χ4n) is 2.74. The summed E-state index contributed by atoms with van der Waals surface area (Å²) >= 11 is 17.3. The van der Waals surface area contributed by atoms with E-state index in [1.165, 1.54) is 32.6 Å². The zero-order valence-electron chi connectivity index (χ0n) is 16.8. The number of anilines is 2. The molecule has 0 aliphatic carbocycles. The van der Waals surface area contributed by atoms with Crippen molar-refractivity contribution in [3.05, 3.63) is 70.1 Å². The van der Waals surface area contributed by atoms with E-state index in [2.05, 4.69) is 16.0 Å². The summed E-state index contributed by atoms with van der Waals surface area (Å²) in [6.45, 7) is 0. The molecule has 0 aliphatic rings. The maximum Gasteiger partial charge on any atom is 0.291 e. The summed E-state index contributed by atoms with van der Waals surface area (Å²) in [6.07, 6.45) is 1.40. The van der Waals surface area contributed by atoms with Gasteiger partial charge in [0.25, 0.3) is 11.8 Å². The first-order valence-corrected chi connectivity index (χ1v) is 10.2. The SMILES string of the molecule is COc1ccc(NC(=O)c2ccco2)cc1NC(=S)NC(=O)c1cc(Cl)cc(Cl)c1OC. The van der Waals surface area contributed by atoms with Crippen LogP contribution in [0.25, 0.3) is 0 Å². The van der Waals surface area contributed by atoms with Gasteiger partial charge in [-0.25, -0.2) is 0 Å². The Hall–Kier alpha value is -3.27. The third-order valence-corrected chi connectivity index (χ3v) is 4.84. The summed E-state index contributed by atoms with van der Waals surface area (Å²) in [7, 11) is 2.86. The molecule has 3 N–H and O–H groups in total. The Kier molecular flexibility index (Phi) is 7.57. The molecule has 1 heterocycles. The molecule has 11 heteroatoms. The van der Waals surface area contributed by atoms with Crippen molar-refractivity contribution in [3.63, 3.8) is 0 Å². The van der Waals surface area contributed by atoms with Gasteiger partial charge in [-0.2, -0.15) is 0 Å². The van der Waals surface area contributed by atoms with Gasteiger partial charge in [-0.3, -0.25) is 14.9 Å². The number of halogens is 2. The van der Waals surface area contributed by atoms with Crippen molar-refractivity contribution in [2.75, 3.05) is 24.9 Å². The van der Waals surface area contributed by atoms with E-state index in [0.717, 1.165) is 0 Å². The monoisotopic (exact) mass is 493 g/mol. The molecule has 0 spiro atoms. The lowest BCUT2D eigenvalue weighted by Gasteiger charge is -2.15. The van der Waals surface area contributed by atoms with E-state index in [1.807, 2.05) is 0 Å². The molecule has 0 radical (unpaired) electrons. The minimum absolute atomic E-state index is 0.0269. The zero-order chi connectivity index (χ0) is 23.3. The predicted molar refractivity (Wildman–Crippen MR) is 126 cm³/mol. The van der Waals surface area contributed by atoms with Crippen LogP contribution in [-0.4, -0.2) is 31.1 Å². The summed E-state index contributed by atoms with van der Waals surface area (Å²) in [5.41, 5.74) is 0.971. The van der Waals surface area contributed by atoms with Gasteiger partial charge < -0.3 is 24.5 Å². The smallest absolute Gasteiger partial charge is 0.291 e. The van der Waals surface area contributed by atoms with Gasteiger partial charge in [0.05, 0.1) is 36.8 Å². The van der Waals surface area contributed by atoms with Crippen molar-refractivity contribution in [1.82, 2.24) is 5.32 Å². The van der Waals surface area contributed by atoms with Crippen LogP contribution in [0.15, 0.2) is 53.1 Å². The predicted octanol–water partition coefficient (Wildman–Crippen LogP) is 4.98. The molecule has 0 atom stereocenters. The van der Waals surface area contributed by atoms with Gasteiger partial charge in [-0.1, -0.05) is 23.2 Å². The van der Waals surface area contributed by atoms with Crippen molar-refractivity contribution < 1.29 is 23.5 Å². The minimum atomic E-state index is -0.579. The first-order valence-electron chi connectivity index (χ1n) is 9.00. The van der Waals surface area contributed by atoms with Gasteiger partial charge in [0.1, 0.15) is 11.5 Å². The number of carbonyl (C=O) groups is 2. The molecule has 8 nitrogen and oxygen atoms in total. The molecular weight excluding hydrogens is 477 g/mol. The second kappa shape index (κ2) is 10.4. The molecule has 1 aromatic heterocycles. The summed E-state index contributed by atoms with van der Waals surface area (Å²) in [4.78, 5) is 24.9. The molecule has 0 saturated heterocycles. The first-order chi connectivity index (χ1) is 15.3. The van der Waals surface area contributed by atoms with Crippen LogP contribution < -0.4 is 25.4 Å². The molecule has 3 aromatic rings. The van der Waals surface area contributed by atoms with E-state index in [9.17, 15) is 9.59 Å². The third kappa shape index (κ3) is 5.50. The molecule has 166 valence electrons. The highest BCUT2D eigenvalue weighted by Crippen LogP contribution is 2.32. The lowest BCUT2D eigenvalue weighted by molar-refractivity contribution is 0.0972. The van der Waals surface area contributed by atoms with E-state index in [-0.39, 0.29) is 32.2 Å². The lowest BCUT2D eigenvalue weighted by Crippen LogP contribution is -2.34. The topological polar surface area (TPSA) is 102 Å². The molecule has 0 aliphatic heterocycles. The number of rotatable bonds is 6. The standard InChI is InChI=1S/C21H17Cl2N3O5S/c1-29-16-6-5-12(24-20(28)17-4-3-7-31-17)10-15(16)25-21(32)26-19(27)13-8-11(22)9-14(23)18(13)30-2/h3-10H,1-2H3,(H,24,28)(H2,25,26,27,32). The van der Waals surface area contributed by atoms with Crippen LogP contribution in [0.3, 0.4) is 0 Å². The first kappa shape index (κ1) is 23.4. The van der Waals surface area contributed by atoms with Crippen LogP contribution in [0.2, 0.25) is 10.0 Å². The van der Waals surface area contributed by atoms with Crippen LogP contribution in [0.1, 0.15) is 20.9 Å². The number of methoxy groups -OCH3 is 2. The molecule has 2 amide bonds. The molecule has 2 aromatic carbocycles. The van der Waals surface area contributed by atoms with E-state index >= 15 is 0 Å². The second-order valence-corrected chi connectivity index (χ2v) is 7.48. The Morgan fingerprint density at radius 1 is 1.00 bits per heavy atom. The maximum atomic E-state index is 12.7. The fourth-order valence-corrected chi connectivity index (χ4v) is 3.52. The van der Waals surface area contributed by atoms with E-state index in [1.54, 1.807) is 30.3 Å². The number of furan rings is 1. The number of thiocarbonyl (C=S) groups is 1. The third-order valence-electron chi connectivity index (χ3n) is 4.13. The van der Waals surface area contributed by atoms with Crippen LogP contribution >= 0.6 is 35.4 Å². The molecule has 0 bridgehead atoms. The van der Waals surface area contributed by atoms with Gasteiger partial charge in [0, 0.05) is 10.7 Å². The van der Waals surface area contributed by atoms with E-state index in [0.29, 0.717) is 17.1 Å². The Morgan fingerprint density at radius 2 is 1.78 bits per heavy atom. The van der Waals surface area contributed by atoms with Gasteiger partial charge in [0.2, 0.25) is 0 Å². The average molecular weight is 494 g/mol. The average Bonchev–Trinajstić information content (AvgIpc) is 3.28. The molecule has 0 saturated carbocycles. The van der Waals surface area contributed by atoms with Gasteiger partial charge in [-0.15, -0.1) is 0 Å². The van der Waals surface area contributed by atoms with Gasteiger partial charge in [0.15, 0.2) is 10.9 Å². The van der Waals surface area contributed by atoms with E-state index in [4.69, 9.17) is 49.3 Å². The molecule has 32 heavy (non-hydrogen) atoms. The van der Waals surface area contributed by atoms with E-state index < -0.39 is 11.8 Å². The van der Waals surface area contributed by atoms with Crippen LogP contribution in [0.5, 0.6) is 11.5 Å². The quantitative estimate of drug-likeness (QED) is 0.416. The highest BCUT2D eigenvalue weighted by atomic mass is 35.5. The summed E-state index contributed by atoms with van der Waals surface area (Å²) < 4.78 is 15.6. The van der Waals surface area contributed by atoms with Crippen LogP contribution in [0.4, 0.5) is 11.4 Å². The number of hydrogen-bond acceptors (Lipinski definition) is 6.